The molecule has 0 unspecified atom stereocenters. The summed E-state index contributed by atoms with van der Waals surface area (Å²) in [5.74, 6) is 0.520. The van der Waals surface area contributed by atoms with E-state index in [4.69, 9.17) is 9.15 Å². The van der Waals surface area contributed by atoms with Gasteiger partial charge in [0, 0.05) is 31.6 Å². The number of aromatic carboxylic acids is 1. The minimum absolute atomic E-state index is 0.110. The van der Waals surface area contributed by atoms with Gasteiger partial charge in [0.2, 0.25) is 0 Å². The fourth-order valence-electron chi connectivity index (χ4n) is 5.17. The summed E-state index contributed by atoms with van der Waals surface area (Å²) < 4.78 is 24.2. The van der Waals surface area contributed by atoms with Gasteiger partial charge in [-0.05, 0) is 66.2 Å². The minimum Gasteiger partial charge on any atom is -0.488 e. The number of halogens is 1. The van der Waals surface area contributed by atoms with E-state index in [-0.39, 0.29) is 18.3 Å². The van der Waals surface area contributed by atoms with Crippen LogP contribution in [0.5, 0.6) is 5.75 Å². The van der Waals surface area contributed by atoms with E-state index >= 15 is 0 Å². The third kappa shape index (κ3) is 4.76. The van der Waals surface area contributed by atoms with Gasteiger partial charge in [-0.3, -0.25) is 9.29 Å². The van der Waals surface area contributed by atoms with E-state index in [2.05, 4.69) is 24.0 Å². The van der Waals surface area contributed by atoms with E-state index in [0.717, 1.165) is 71.8 Å². The molecule has 3 aromatic rings. The molecule has 1 aliphatic heterocycles. The molecule has 1 N–H and O–H groups in total. The van der Waals surface area contributed by atoms with Crippen molar-refractivity contribution in [2.24, 2.45) is 0 Å². The topological polar surface area (TPSA) is 62.9 Å². The monoisotopic (exact) mass is 475 g/mol. The normalized spacial score (nSPS) is 16.5. The zero-order valence-corrected chi connectivity index (χ0v) is 19.9. The number of likely N-dealkylation sites (tertiary alicyclic amines) is 1. The van der Waals surface area contributed by atoms with Crippen LogP contribution >= 0.6 is 0 Å². The van der Waals surface area contributed by atoms with Crippen molar-refractivity contribution in [2.45, 2.75) is 38.7 Å². The van der Waals surface area contributed by atoms with Crippen molar-refractivity contribution in [3.8, 4) is 5.75 Å². The Morgan fingerprint density at radius 2 is 1.91 bits per heavy atom. The van der Waals surface area contributed by atoms with Gasteiger partial charge in [0.05, 0.1) is 6.67 Å². The first kappa shape index (κ1) is 23.4. The van der Waals surface area contributed by atoms with Crippen molar-refractivity contribution < 1.29 is 23.4 Å². The van der Waals surface area contributed by atoms with E-state index < -0.39 is 5.97 Å². The molecule has 6 heteroatoms. The summed E-state index contributed by atoms with van der Waals surface area (Å²) in [6.45, 7) is 4.19. The van der Waals surface area contributed by atoms with E-state index in [0.29, 0.717) is 18.4 Å². The van der Waals surface area contributed by atoms with Crippen LogP contribution in [0.2, 0.25) is 0 Å². The third-order valence-corrected chi connectivity index (χ3v) is 6.93. The van der Waals surface area contributed by atoms with Gasteiger partial charge < -0.3 is 14.3 Å². The lowest BCUT2D eigenvalue weighted by Crippen LogP contribution is -2.53. The van der Waals surface area contributed by atoms with Crippen LogP contribution in [0.1, 0.15) is 57.6 Å². The van der Waals surface area contributed by atoms with Crippen molar-refractivity contribution >= 4 is 17.1 Å². The quantitative estimate of drug-likeness (QED) is 0.433. The van der Waals surface area contributed by atoms with E-state index in [1.807, 2.05) is 36.4 Å². The molecule has 5 rings (SSSR count). The molecule has 2 aromatic carbocycles. The maximum atomic E-state index is 12.4. The number of rotatable bonds is 8. The van der Waals surface area contributed by atoms with Crippen molar-refractivity contribution in [1.29, 1.82) is 0 Å². The molecule has 1 saturated heterocycles. The highest BCUT2D eigenvalue weighted by Gasteiger charge is 2.30. The van der Waals surface area contributed by atoms with E-state index in [9.17, 15) is 14.3 Å². The van der Waals surface area contributed by atoms with Gasteiger partial charge in [-0.2, -0.15) is 0 Å². The molecule has 0 radical (unpaired) electrons. The van der Waals surface area contributed by atoms with Crippen LogP contribution in [0.3, 0.4) is 0 Å². The lowest BCUT2D eigenvalue weighted by Gasteiger charge is -2.38. The molecule has 2 heterocycles. The third-order valence-electron chi connectivity index (χ3n) is 6.93. The fraction of sp³-hybridized carbons (Fsp3) is 0.345. The minimum atomic E-state index is -0.985. The van der Waals surface area contributed by atoms with Gasteiger partial charge in [-0.1, -0.05) is 36.4 Å². The number of fused-ring (bicyclic) bond motifs is 1. The summed E-state index contributed by atoms with van der Waals surface area (Å²) in [6, 6.07) is 16.2. The second-order valence-electron chi connectivity index (χ2n) is 9.34. The first-order valence-electron chi connectivity index (χ1n) is 12.2. The predicted molar refractivity (Wildman–Crippen MR) is 134 cm³/mol. The van der Waals surface area contributed by atoms with Crippen LogP contribution in [-0.2, 0) is 6.42 Å². The van der Waals surface area contributed by atoms with E-state index in [1.54, 1.807) is 0 Å². The predicted octanol–water partition coefficient (Wildman–Crippen LogP) is 6.00. The van der Waals surface area contributed by atoms with Gasteiger partial charge in [-0.25, -0.2) is 4.79 Å². The molecule has 0 saturated carbocycles. The highest BCUT2D eigenvalue weighted by atomic mass is 19.1. The molecule has 2 aliphatic rings. The van der Waals surface area contributed by atoms with Gasteiger partial charge in [-0.15, -0.1) is 0 Å². The summed E-state index contributed by atoms with van der Waals surface area (Å²) in [4.78, 5) is 14.3. The second kappa shape index (κ2) is 10.1. The molecule has 1 aliphatic carbocycles. The molecule has 0 amide bonds. The first-order valence-corrected chi connectivity index (χ1v) is 12.2. The number of hydrogen-bond acceptors (Lipinski definition) is 4. The maximum absolute atomic E-state index is 12.4. The van der Waals surface area contributed by atoms with Crippen molar-refractivity contribution in [1.82, 2.24) is 4.90 Å². The van der Waals surface area contributed by atoms with Gasteiger partial charge in [0.15, 0.2) is 0 Å². The lowest BCUT2D eigenvalue weighted by molar-refractivity contribution is 0.0184. The SMILES string of the molecule is Cc1ccccc1C1=C(c2ccc(OC3CN(CCCF)C3)cc2)c2c(C(=O)O)coc2CCC1. The summed E-state index contributed by atoms with van der Waals surface area (Å²) in [7, 11) is 0. The van der Waals surface area contributed by atoms with Crippen LogP contribution in [-0.4, -0.2) is 48.4 Å². The number of allylic oxidation sites excluding steroid dienone is 1. The summed E-state index contributed by atoms with van der Waals surface area (Å²) in [5.41, 5.74) is 6.19. The average Bonchev–Trinajstić information content (AvgIpc) is 3.16. The second-order valence-corrected chi connectivity index (χ2v) is 9.34. The Morgan fingerprint density at radius 3 is 2.63 bits per heavy atom. The van der Waals surface area contributed by atoms with Gasteiger partial charge >= 0.3 is 5.97 Å². The molecular weight excluding hydrogens is 445 g/mol. The largest absolute Gasteiger partial charge is 0.488 e. The van der Waals surface area contributed by atoms with Crippen molar-refractivity contribution in [3.63, 3.8) is 0 Å². The number of hydrogen-bond donors (Lipinski definition) is 1. The first-order chi connectivity index (χ1) is 17.0. The molecular formula is C29H30FNO4. The molecule has 1 aromatic heterocycles. The number of nitrogens with zero attached hydrogens (tertiary/aromatic N) is 1. The Kier molecular flexibility index (Phi) is 6.73. The van der Waals surface area contributed by atoms with Crippen LogP contribution in [0.4, 0.5) is 4.39 Å². The Hall–Kier alpha value is -3.38. The van der Waals surface area contributed by atoms with Crippen LogP contribution in [0, 0.1) is 6.92 Å². The summed E-state index contributed by atoms with van der Waals surface area (Å²) >= 11 is 0. The molecule has 5 nitrogen and oxygen atoms in total. The summed E-state index contributed by atoms with van der Waals surface area (Å²) in [6.07, 6.45) is 4.46. The molecule has 182 valence electrons. The lowest BCUT2D eigenvalue weighted by atomic mass is 9.86. The van der Waals surface area contributed by atoms with E-state index in [1.165, 1.54) is 6.26 Å². The zero-order valence-electron chi connectivity index (χ0n) is 19.9. The number of carboxylic acids is 1. The highest BCUT2D eigenvalue weighted by molar-refractivity contribution is 6.05. The van der Waals surface area contributed by atoms with Gasteiger partial charge in [0.1, 0.15) is 29.4 Å². The van der Waals surface area contributed by atoms with Gasteiger partial charge in [0.25, 0.3) is 0 Å². The molecule has 35 heavy (non-hydrogen) atoms. The fourth-order valence-corrected chi connectivity index (χ4v) is 5.17. The van der Waals surface area contributed by atoms with Crippen molar-refractivity contribution in [3.05, 3.63) is 88.4 Å². The number of ether oxygens (including phenoxy) is 1. The average molecular weight is 476 g/mol. The number of carboxylic acid groups (broad SMARTS) is 1. The number of furan rings is 1. The molecule has 0 bridgehead atoms. The van der Waals surface area contributed by atoms with Crippen LogP contribution in [0.15, 0.2) is 59.2 Å². The number of carbonyl (C=O) groups is 1. The smallest absolute Gasteiger partial charge is 0.339 e. The Balaban J connectivity index is 1.51. The molecule has 0 spiro atoms. The highest BCUT2D eigenvalue weighted by Crippen LogP contribution is 2.43. The van der Waals surface area contributed by atoms with Crippen LogP contribution < -0.4 is 4.74 Å². The Morgan fingerprint density at radius 1 is 1.14 bits per heavy atom. The number of aryl methyl sites for hydroxylation is 2. The summed E-state index contributed by atoms with van der Waals surface area (Å²) in [5, 5.41) is 9.92. The number of benzene rings is 2. The Labute approximate surface area is 204 Å². The Bertz CT molecular complexity index is 1240. The van der Waals surface area contributed by atoms with Crippen LogP contribution in [0.25, 0.3) is 11.1 Å². The van der Waals surface area contributed by atoms with Crippen molar-refractivity contribution in [2.75, 3.05) is 26.3 Å². The molecule has 1 fully saturated rings. The standard InChI is InChI=1S/C29H30FNO4/c1-19-6-2-3-7-23(19)24-8-4-9-26-28(25(18-34-26)29(32)33)27(24)20-10-12-21(13-11-20)35-22-16-31(17-22)15-5-14-30/h2-3,6-7,10-13,18,22H,4-5,8-9,14-17H2,1H3,(H,32,33). The maximum Gasteiger partial charge on any atom is 0.339 e. The molecule has 0 atom stereocenters. The zero-order chi connectivity index (χ0) is 24.4. The number of alkyl halides is 1.